The van der Waals surface area contributed by atoms with Crippen LogP contribution in [0.25, 0.3) is 0 Å². The van der Waals surface area contributed by atoms with Gasteiger partial charge in [0.05, 0.1) is 16.5 Å². The third-order valence-electron chi connectivity index (χ3n) is 4.03. The SMILES string of the molecule is O=C(Oc1ccccc1)N(C(CCl)CCl)C(CCl)(CCl)C(Cl)(CCl)CCl. The Bertz CT molecular complexity index is 549. The van der Waals surface area contributed by atoms with E-state index in [9.17, 15) is 4.79 Å². The average Bonchev–Trinajstić information content (AvgIpc) is 2.68. The summed E-state index contributed by atoms with van der Waals surface area (Å²) in [6, 6.07) is 7.86. The topological polar surface area (TPSA) is 29.5 Å². The fraction of sp³-hybridized carbons (Fsp3) is 0.562. The maximum Gasteiger partial charge on any atom is 0.416 e. The normalized spacial score (nSPS) is 12.3. The largest absolute Gasteiger partial charge is 0.416 e. The van der Waals surface area contributed by atoms with E-state index in [2.05, 4.69) is 0 Å². The van der Waals surface area contributed by atoms with Crippen molar-refractivity contribution in [3.8, 4) is 5.75 Å². The number of ether oxygens (including phenoxy) is 1. The molecule has 0 aliphatic rings. The van der Waals surface area contributed by atoms with Crippen molar-refractivity contribution >= 4 is 87.3 Å². The van der Waals surface area contributed by atoms with Crippen LogP contribution in [0.15, 0.2) is 30.3 Å². The molecule has 0 saturated carbocycles. The van der Waals surface area contributed by atoms with Gasteiger partial charge in [0.2, 0.25) is 0 Å². The summed E-state index contributed by atoms with van der Waals surface area (Å²) in [5.41, 5.74) is -1.35. The minimum Gasteiger partial charge on any atom is -0.410 e. The molecule has 0 bridgehead atoms. The summed E-state index contributed by atoms with van der Waals surface area (Å²) in [5, 5.41) is 0. The number of hydrogen-bond acceptors (Lipinski definition) is 2. The van der Waals surface area contributed by atoms with Crippen molar-refractivity contribution in [2.45, 2.75) is 16.5 Å². The van der Waals surface area contributed by atoms with Gasteiger partial charge < -0.3 is 4.74 Å². The van der Waals surface area contributed by atoms with Crippen LogP contribution in [0.1, 0.15) is 0 Å². The highest BCUT2D eigenvalue weighted by atomic mass is 35.5. The number of benzene rings is 1. The molecule has 0 aromatic heterocycles. The van der Waals surface area contributed by atoms with E-state index >= 15 is 0 Å². The second kappa shape index (κ2) is 11.5. The van der Waals surface area contributed by atoms with Crippen molar-refractivity contribution < 1.29 is 9.53 Å². The minimum absolute atomic E-state index is 0.0143. The average molecular weight is 504 g/mol. The Morgan fingerprint density at radius 2 is 1.42 bits per heavy atom. The maximum atomic E-state index is 13.0. The molecule has 10 heteroatoms. The van der Waals surface area contributed by atoms with Crippen LogP contribution in [-0.4, -0.2) is 62.7 Å². The molecule has 1 aromatic rings. The van der Waals surface area contributed by atoms with Crippen LogP contribution in [0, 0.1) is 0 Å². The zero-order chi connectivity index (χ0) is 19.8. The predicted octanol–water partition coefficient (Wildman–Crippen LogP) is 6.01. The van der Waals surface area contributed by atoms with Gasteiger partial charge in [-0.2, -0.15) is 0 Å². The van der Waals surface area contributed by atoms with Crippen LogP contribution in [0.3, 0.4) is 0 Å². The standard InChI is InChI=1S/C16H18Cl7NO2/c17-6-12(7-18)24(14(25)26-13-4-2-1-3-5-13)16(10-21,11-22)15(23,8-19)9-20/h1-5,12H,6-11H2. The smallest absolute Gasteiger partial charge is 0.410 e. The molecule has 1 amide bonds. The first-order valence-corrected chi connectivity index (χ1v) is 11.1. The van der Waals surface area contributed by atoms with E-state index in [1.165, 1.54) is 4.90 Å². The lowest BCUT2D eigenvalue weighted by atomic mass is 9.86. The van der Waals surface area contributed by atoms with Gasteiger partial charge in [0, 0.05) is 35.3 Å². The van der Waals surface area contributed by atoms with Gasteiger partial charge in [-0.3, -0.25) is 4.90 Å². The molecule has 1 aromatic carbocycles. The van der Waals surface area contributed by atoms with E-state index in [0.29, 0.717) is 5.75 Å². The number of halogens is 7. The number of amides is 1. The van der Waals surface area contributed by atoms with E-state index in [1.807, 2.05) is 0 Å². The van der Waals surface area contributed by atoms with Crippen LogP contribution in [0.5, 0.6) is 5.75 Å². The van der Waals surface area contributed by atoms with Gasteiger partial charge in [0.15, 0.2) is 0 Å². The van der Waals surface area contributed by atoms with Gasteiger partial charge in [-0.15, -0.1) is 81.2 Å². The van der Waals surface area contributed by atoms with Crippen molar-refractivity contribution in [1.29, 1.82) is 0 Å². The molecular weight excluding hydrogens is 486 g/mol. The summed E-state index contributed by atoms with van der Waals surface area (Å²) in [4.78, 5) is 13.0. The van der Waals surface area contributed by atoms with Gasteiger partial charge in [0.1, 0.15) is 5.75 Å². The summed E-state index contributed by atoms with van der Waals surface area (Å²) in [7, 11) is 0. The Balaban J connectivity index is 3.43. The molecule has 0 radical (unpaired) electrons. The van der Waals surface area contributed by atoms with Crippen LogP contribution in [-0.2, 0) is 0 Å². The van der Waals surface area contributed by atoms with E-state index < -0.39 is 22.5 Å². The summed E-state index contributed by atoms with van der Waals surface area (Å²) in [6.07, 6.45) is -0.746. The second-order valence-electron chi connectivity index (χ2n) is 5.54. The van der Waals surface area contributed by atoms with Crippen molar-refractivity contribution in [3.05, 3.63) is 30.3 Å². The molecule has 26 heavy (non-hydrogen) atoms. The number of hydrogen-bond donors (Lipinski definition) is 0. The zero-order valence-corrected chi connectivity index (χ0v) is 18.9. The predicted molar refractivity (Wildman–Crippen MR) is 114 cm³/mol. The van der Waals surface area contributed by atoms with Crippen LogP contribution in [0.2, 0.25) is 0 Å². The van der Waals surface area contributed by atoms with Crippen LogP contribution in [0.4, 0.5) is 4.79 Å². The third kappa shape index (κ3) is 5.11. The van der Waals surface area contributed by atoms with E-state index in [-0.39, 0.29) is 35.3 Å². The minimum atomic E-state index is -1.35. The lowest BCUT2D eigenvalue weighted by molar-refractivity contribution is 0.0666. The fourth-order valence-corrected chi connectivity index (χ4v) is 5.20. The fourth-order valence-electron chi connectivity index (χ4n) is 2.40. The number of carbonyl (C=O) groups excluding carboxylic acids is 1. The Hall–Kier alpha value is 0.520. The zero-order valence-electron chi connectivity index (χ0n) is 13.6. The highest BCUT2D eigenvalue weighted by Gasteiger charge is 2.56. The number of alkyl halides is 7. The Kier molecular flexibility index (Phi) is 10.9. The maximum absolute atomic E-state index is 13.0. The van der Waals surface area contributed by atoms with E-state index in [1.54, 1.807) is 30.3 Å². The van der Waals surface area contributed by atoms with Gasteiger partial charge in [-0.1, -0.05) is 18.2 Å². The summed E-state index contributed by atoms with van der Waals surface area (Å²) < 4.78 is 5.46. The van der Waals surface area contributed by atoms with Crippen molar-refractivity contribution in [2.75, 3.05) is 35.3 Å². The number of rotatable bonds is 10. The molecule has 0 aliphatic carbocycles. The van der Waals surface area contributed by atoms with Gasteiger partial charge in [0.25, 0.3) is 0 Å². The number of carbonyl (C=O) groups is 1. The molecule has 0 unspecified atom stereocenters. The third-order valence-corrected chi connectivity index (χ3v) is 7.43. The number of nitrogens with zero attached hydrogens (tertiary/aromatic N) is 1. The first-order valence-electron chi connectivity index (χ1n) is 7.50. The Morgan fingerprint density at radius 1 is 0.923 bits per heavy atom. The first-order chi connectivity index (χ1) is 12.4. The summed E-state index contributed by atoms with van der Waals surface area (Å²) in [5.74, 6) is -0.143. The Morgan fingerprint density at radius 3 is 1.81 bits per heavy atom. The number of para-hydroxylation sites is 1. The lowest BCUT2D eigenvalue weighted by Crippen LogP contribution is -2.71. The molecule has 0 saturated heterocycles. The molecule has 0 fully saturated rings. The summed E-state index contributed by atoms with van der Waals surface area (Å²) in [6.45, 7) is 0. The van der Waals surface area contributed by atoms with E-state index in [0.717, 1.165) is 0 Å². The molecule has 0 N–H and O–H groups in total. The van der Waals surface area contributed by atoms with E-state index in [4.69, 9.17) is 85.9 Å². The highest BCUT2D eigenvalue weighted by Crippen LogP contribution is 2.41. The molecule has 0 aliphatic heterocycles. The van der Waals surface area contributed by atoms with Crippen molar-refractivity contribution in [1.82, 2.24) is 4.90 Å². The molecule has 0 atom stereocenters. The second-order valence-corrected chi connectivity index (χ2v) is 7.95. The van der Waals surface area contributed by atoms with Crippen molar-refractivity contribution in [2.24, 2.45) is 0 Å². The quantitative estimate of drug-likeness (QED) is 0.366. The molecule has 0 spiro atoms. The highest BCUT2D eigenvalue weighted by molar-refractivity contribution is 6.37. The summed E-state index contributed by atoms with van der Waals surface area (Å²) >= 11 is 43.4. The first kappa shape index (κ1) is 24.6. The lowest BCUT2D eigenvalue weighted by Gasteiger charge is -2.51. The van der Waals surface area contributed by atoms with Gasteiger partial charge >= 0.3 is 6.09 Å². The molecule has 148 valence electrons. The van der Waals surface area contributed by atoms with Gasteiger partial charge in [-0.25, -0.2) is 4.79 Å². The molecule has 0 heterocycles. The van der Waals surface area contributed by atoms with Gasteiger partial charge in [-0.05, 0) is 12.1 Å². The molecular formula is C16H18Cl7NO2. The monoisotopic (exact) mass is 501 g/mol. The molecule has 1 rings (SSSR count). The van der Waals surface area contributed by atoms with Crippen LogP contribution < -0.4 is 4.74 Å². The van der Waals surface area contributed by atoms with Crippen molar-refractivity contribution in [3.63, 3.8) is 0 Å². The van der Waals surface area contributed by atoms with Crippen LogP contribution >= 0.6 is 81.2 Å². The molecule has 3 nitrogen and oxygen atoms in total. The Labute approximate surface area is 188 Å².